The Kier molecular flexibility index (Phi) is 4.20. The van der Waals surface area contributed by atoms with Gasteiger partial charge in [0.05, 0.1) is 22.6 Å². The largest absolute Gasteiger partial charge is 0.511 e. The first-order valence-corrected chi connectivity index (χ1v) is 9.77. The van der Waals surface area contributed by atoms with E-state index in [9.17, 15) is 9.59 Å². The van der Waals surface area contributed by atoms with Gasteiger partial charge in [-0.15, -0.1) is 0 Å². The van der Waals surface area contributed by atoms with E-state index in [0.717, 1.165) is 6.20 Å². The second-order valence-electron chi connectivity index (χ2n) is 8.19. The minimum atomic E-state index is -1.79. The summed E-state index contributed by atoms with van der Waals surface area (Å²) in [7, 11) is 0. The van der Waals surface area contributed by atoms with E-state index < -0.39 is 56.9 Å². The molecule has 2 unspecified atom stereocenters. The number of carboxylic acid groups (broad SMARTS) is 1. The number of nitrogens with zero attached hydrogens (tertiary/aromatic N) is 2. The van der Waals surface area contributed by atoms with Crippen molar-refractivity contribution in [3.63, 3.8) is 0 Å². The summed E-state index contributed by atoms with van der Waals surface area (Å²) in [4.78, 5) is 24.9. The lowest BCUT2D eigenvalue weighted by Crippen LogP contribution is -2.46. The number of hydrogen-bond acceptors (Lipinski definition) is 5. The predicted octanol–water partition coefficient (Wildman–Crippen LogP) is 3.07. The van der Waals surface area contributed by atoms with E-state index in [1.807, 2.05) is 6.08 Å². The maximum Gasteiger partial charge on any atom is 0.511 e. The summed E-state index contributed by atoms with van der Waals surface area (Å²) < 4.78 is 51.7. The summed E-state index contributed by atoms with van der Waals surface area (Å²) in [6, 6.07) is -0.278. The highest BCUT2D eigenvalue weighted by atomic mass is 19.2. The molecule has 1 saturated carbocycles. The lowest BCUT2D eigenvalue weighted by atomic mass is 9.85. The van der Waals surface area contributed by atoms with Crippen molar-refractivity contribution >= 4 is 22.7 Å². The second-order valence-corrected chi connectivity index (χ2v) is 8.19. The highest BCUT2D eigenvalue weighted by Crippen LogP contribution is 2.43. The molecular formula is C21H18F3N3O4. The summed E-state index contributed by atoms with van der Waals surface area (Å²) >= 11 is 0. The molecule has 31 heavy (non-hydrogen) atoms. The molecule has 2 atom stereocenters. The molecule has 2 aliphatic carbocycles. The molecule has 2 aromatic rings. The lowest BCUT2D eigenvalue weighted by molar-refractivity contribution is 0.143. The standard InChI is InChI=1S/C21H18F3N3O4/c22-14-13-17(27(11-4-5-11)8-12(19(13)28)31-20(29)30)16(24)18(15(14)23)26-7-10-3-1-2-6-21(10,25)9-26/h1-3,6,8,10-11H,4-5,7,9,25H2,(H,29,30). The molecule has 2 heterocycles. The van der Waals surface area contributed by atoms with Crippen LogP contribution in [-0.4, -0.2) is 34.5 Å². The molecule has 0 bridgehead atoms. The molecule has 5 rings (SSSR count). The number of benzene rings is 1. The third-order valence-electron chi connectivity index (χ3n) is 6.13. The predicted molar refractivity (Wildman–Crippen MR) is 106 cm³/mol. The van der Waals surface area contributed by atoms with Crippen LogP contribution in [-0.2, 0) is 0 Å². The molecule has 10 heteroatoms. The zero-order valence-corrected chi connectivity index (χ0v) is 16.1. The van der Waals surface area contributed by atoms with Gasteiger partial charge in [0.15, 0.2) is 23.2 Å². The highest BCUT2D eigenvalue weighted by molar-refractivity contribution is 5.87. The Morgan fingerprint density at radius 2 is 1.94 bits per heavy atom. The summed E-state index contributed by atoms with van der Waals surface area (Å²) in [5.74, 6) is -5.08. The number of carbonyl (C=O) groups is 1. The summed E-state index contributed by atoms with van der Waals surface area (Å²) in [6.07, 6.45) is 7.62. The number of nitrogens with two attached hydrogens (primary N) is 1. The van der Waals surface area contributed by atoms with Crippen LogP contribution in [0.1, 0.15) is 18.9 Å². The van der Waals surface area contributed by atoms with Gasteiger partial charge in [-0.25, -0.2) is 18.0 Å². The number of rotatable bonds is 3. The monoisotopic (exact) mass is 433 g/mol. The smallest absolute Gasteiger partial charge is 0.449 e. The molecule has 3 N–H and O–H groups in total. The maximum atomic E-state index is 15.7. The minimum absolute atomic E-state index is 0.0607. The first-order chi connectivity index (χ1) is 14.7. The van der Waals surface area contributed by atoms with Gasteiger partial charge < -0.3 is 25.0 Å². The molecular weight excluding hydrogens is 415 g/mol. The van der Waals surface area contributed by atoms with Crippen molar-refractivity contribution in [3.8, 4) is 5.75 Å². The molecule has 1 aliphatic heterocycles. The Labute approximate surface area is 173 Å². The van der Waals surface area contributed by atoms with Crippen molar-refractivity contribution < 1.29 is 27.8 Å². The number of pyridine rings is 1. The fraction of sp³-hybridized carbons (Fsp3) is 0.333. The molecule has 1 aromatic carbocycles. The summed E-state index contributed by atoms with van der Waals surface area (Å²) in [5.41, 5.74) is 3.29. The average molecular weight is 433 g/mol. The van der Waals surface area contributed by atoms with Gasteiger partial charge in [0.2, 0.25) is 5.43 Å². The fourth-order valence-electron chi connectivity index (χ4n) is 4.48. The Bertz CT molecular complexity index is 1250. The van der Waals surface area contributed by atoms with Gasteiger partial charge in [-0.2, -0.15) is 0 Å². The fourth-order valence-corrected chi connectivity index (χ4v) is 4.48. The van der Waals surface area contributed by atoms with Crippen LogP contribution < -0.4 is 20.8 Å². The van der Waals surface area contributed by atoms with E-state index in [0.29, 0.717) is 12.8 Å². The van der Waals surface area contributed by atoms with Gasteiger partial charge in [0.1, 0.15) is 5.69 Å². The van der Waals surface area contributed by atoms with Crippen LogP contribution in [0.2, 0.25) is 0 Å². The van der Waals surface area contributed by atoms with Crippen LogP contribution in [0.25, 0.3) is 10.9 Å². The van der Waals surface area contributed by atoms with Gasteiger partial charge in [-0.1, -0.05) is 24.3 Å². The number of ether oxygens (including phenoxy) is 1. The van der Waals surface area contributed by atoms with Crippen molar-refractivity contribution in [2.45, 2.75) is 24.4 Å². The van der Waals surface area contributed by atoms with Gasteiger partial charge >= 0.3 is 6.16 Å². The van der Waals surface area contributed by atoms with Crippen molar-refractivity contribution in [2.75, 3.05) is 18.0 Å². The van der Waals surface area contributed by atoms with Crippen molar-refractivity contribution in [2.24, 2.45) is 11.7 Å². The van der Waals surface area contributed by atoms with Gasteiger partial charge in [-0.05, 0) is 12.8 Å². The molecule has 7 nitrogen and oxygen atoms in total. The Morgan fingerprint density at radius 3 is 2.58 bits per heavy atom. The molecule has 162 valence electrons. The van der Waals surface area contributed by atoms with Crippen LogP contribution in [0.5, 0.6) is 5.75 Å². The van der Waals surface area contributed by atoms with Crippen LogP contribution in [0.15, 0.2) is 35.3 Å². The SMILES string of the molecule is NC12C=CC=CC1CN(c1c(F)c(F)c3c(=O)c(OC(=O)O)cn(C4CC4)c3c1F)C2. The van der Waals surface area contributed by atoms with Gasteiger partial charge in [-0.3, -0.25) is 4.79 Å². The number of aromatic nitrogens is 1. The van der Waals surface area contributed by atoms with Crippen LogP contribution in [0, 0.1) is 23.4 Å². The molecule has 0 amide bonds. The highest BCUT2D eigenvalue weighted by Gasteiger charge is 2.44. The molecule has 2 fully saturated rings. The third kappa shape index (κ3) is 2.93. The molecule has 0 spiro atoms. The van der Waals surface area contributed by atoms with Crippen molar-refractivity contribution in [1.29, 1.82) is 0 Å². The van der Waals surface area contributed by atoms with E-state index in [1.165, 1.54) is 9.47 Å². The number of halogens is 3. The van der Waals surface area contributed by atoms with Crippen LogP contribution in [0.3, 0.4) is 0 Å². The van der Waals surface area contributed by atoms with Crippen molar-refractivity contribution in [1.82, 2.24) is 4.57 Å². The Morgan fingerprint density at radius 1 is 1.19 bits per heavy atom. The van der Waals surface area contributed by atoms with E-state index >= 15 is 13.2 Å². The first-order valence-electron chi connectivity index (χ1n) is 9.77. The minimum Gasteiger partial charge on any atom is -0.449 e. The molecule has 1 saturated heterocycles. The Balaban J connectivity index is 1.75. The zero-order chi connectivity index (χ0) is 22.1. The van der Waals surface area contributed by atoms with E-state index in [-0.39, 0.29) is 25.0 Å². The zero-order valence-electron chi connectivity index (χ0n) is 16.1. The number of anilines is 1. The van der Waals surface area contributed by atoms with Gasteiger partial charge in [0, 0.05) is 25.0 Å². The number of fused-ring (bicyclic) bond motifs is 2. The van der Waals surface area contributed by atoms with E-state index in [4.69, 9.17) is 10.8 Å². The van der Waals surface area contributed by atoms with E-state index in [1.54, 1.807) is 18.2 Å². The number of allylic oxidation sites excluding steroid dienone is 2. The average Bonchev–Trinajstić information content (AvgIpc) is 3.48. The topological polar surface area (TPSA) is 97.8 Å². The second kappa shape index (κ2) is 6.61. The van der Waals surface area contributed by atoms with Crippen molar-refractivity contribution in [3.05, 3.63) is 58.2 Å². The Hall–Kier alpha value is -3.27. The van der Waals surface area contributed by atoms with Crippen LogP contribution >= 0.6 is 0 Å². The molecule has 3 aliphatic rings. The van der Waals surface area contributed by atoms with Gasteiger partial charge in [0.25, 0.3) is 0 Å². The normalized spacial score (nSPS) is 24.6. The molecule has 1 aromatic heterocycles. The number of hydrogen-bond donors (Lipinski definition) is 2. The molecule has 0 radical (unpaired) electrons. The van der Waals surface area contributed by atoms with E-state index in [2.05, 4.69) is 4.74 Å². The lowest BCUT2D eigenvalue weighted by Gasteiger charge is -2.27. The summed E-state index contributed by atoms with van der Waals surface area (Å²) in [5, 5.41) is 7.99. The summed E-state index contributed by atoms with van der Waals surface area (Å²) in [6.45, 7) is 0.231. The first kappa shape index (κ1) is 19.7. The maximum absolute atomic E-state index is 15.7. The van der Waals surface area contributed by atoms with Crippen LogP contribution in [0.4, 0.5) is 23.7 Å². The quantitative estimate of drug-likeness (QED) is 0.570. The third-order valence-corrected chi connectivity index (χ3v) is 6.13.